The quantitative estimate of drug-likeness (QED) is 0.898. The van der Waals surface area contributed by atoms with Gasteiger partial charge < -0.3 is 5.11 Å². The summed E-state index contributed by atoms with van der Waals surface area (Å²) in [5, 5.41) is 9.05. The van der Waals surface area contributed by atoms with Crippen molar-refractivity contribution >= 4 is 17.5 Å². The highest BCUT2D eigenvalue weighted by molar-refractivity contribution is 6.31. The van der Waals surface area contributed by atoms with Gasteiger partial charge in [0, 0.05) is 12.1 Å². The van der Waals surface area contributed by atoms with Crippen molar-refractivity contribution in [3.05, 3.63) is 34.9 Å². The number of carbonyl (C=O) groups excluding carboxylic acids is 1. The molecule has 1 amide bonds. The Morgan fingerprint density at radius 3 is 2.50 bits per heavy atom. The third-order valence-corrected chi connectivity index (χ3v) is 3.03. The number of hydrogen-bond acceptors (Lipinski definition) is 3. The summed E-state index contributed by atoms with van der Waals surface area (Å²) in [6, 6.07) is 7.46. The molecule has 0 saturated carbocycles. The van der Waals surface area contributed by atoms with E-state index in [1.54, 1.807) is 0 Å². The minimum Gasteiger partial charge on any atom is -0.400 e. The summed E-state index contributed by atoms with van der Waals surface area (Å²) < 4.78 is 0. The molecule has 0 aromatic heterocycles. The first-order valence-electron chi connectivity index (χ1n) is 5.64. The first kappa shape index (κ1) is 15.0. The number of nitrogens with zero attached hydrogens (tertiary/aromatic N) is 1. The monoisotopic (exact) mass is 271 g/mol. The van der Waals surface area contributed by atoms with Crippen molar-refractivity contribution < 1.29 is 14.7 Å². The fraction of sp³-hybridized carbons (Fsp3) is 0.462. The zero-order chi connectivity index (χ0) is 13.8. The Balaban J connectivity index is 0.000000771. The third-order valence-electron chi connectivity index (χ3n) is 2.66. The van der Waals surface area contributed by atoms with Crippen LogP contribution in [0.25, 0.3) is 0 Å². The van der Waals surface area contributed by atoms with Gasteiger partial charge >= 0.3 is 0 Å². The van der Waals surface area contributed by atoms with Crippen molar-refractivity contribution in [1.82, 2.24) is 5.06 Å². The molecule has 1 saturated heterocycles. The Labute approximate surface area is 112 Å². The van der Waals surface area contributed by atoms with E-state index >= 15 is 0 Å². The summed E-state index contributed by atoms with van der Waals surface area (Å²) in [5.41, 5.74) is 0.469. The van der Waals surface area contributed by atoms with E-state index < -0.39 is 5.41 Å². The Kier molecular flexibility index (Phi) is 5.14. The topological polar surface area (TPSA) is 49.8 Å². The molecule has 0 radical (unpaired) electrons. The summed E-state index contributed by atoms with van der Waals surface area (Å²) in [6.07, 6.45) is 0. The molecular formula is C13H18ClNO3. The molecule has 0 spiro atoms. The molecule has 1 aromatic carbocycles. The number of amides is 1. The van der Waals surface area contributed by atoms with Crippen LogP contribution in [0.5, 0.6) is 0 Å². The SMILES string of the molecule is CC1(C)CON(Cc2ccccc2Cl)C1=O.CO. The van der Waals surface area contributed by atoms with Crippen molar-refractivity contribution in [1.29, 1.82) is 0 Å². The number of hydroxylamine groups is 2. The molecule has 1 fully saturated rings. The van der Waals surface area contributed by atoms with Crippen LogP contribution in [0.4, 0.5) is 0 Å². The molecule has 5 heteroatoms. The lowest BCUT2D eigenvalue weighted by Crippen LogP contribution is -2.30. The van der Waals surface area contributed by atoms with Crippen LogP contribution in [0.15, 0.2) is 24.3 Å². The molecule has 18 heavy (non-hydrogen) atoms. The highest BCUT2D eigenvalue weighted by Crippen LogP contribution is 2.29. The summed E-state index contributed by atoms with van der Waals surface area (Å²) in [6.45, 7) is 4.59. The van der Waals surface area contributed by atoms with E-state index in [0.717, 1.165) is 12.7 Å². The molecule has 1 aromatic rings. The minimum atomic E-state index is -0.429. The van der Waals surface area contributed by atoms with E-state index in [2.05, 4.69) is 0 Å². The fourth-order valence-corrected chi connectivity index (χ4v) is 1.79. The second kappa shape index (κ2) is 6.18. The molecule has 0 bridgehead atoms. The Morgan fingerprint density at radius 1 is 1.39 bits per heavy atom. The van der Waals surface area contributed by atoms with Crippen LogP contribution in [0.2, 0.25) is 5.02 Å². The first-order chi connectivity index (χ1) is 8.50. The lowest BCUT2D eigenvalue weighted by Gasteiger charge is -2.16. The first-order valence-corrected chi connectivity index (χ1v) is 6.01. The molecule has 0 unspecified atom stereocenters. The molecular weight excluding hydrogens is 254 g/mol. The number of carbonyl (C=O) groups is 1. The standard InChI is InChI=1S/C12H14ClNO2.CH4O/c1-12(2)8-16-14(11(12)15)7-9-5-3-4-6-10(9)13;1-2/h3-6H,7-8H2,1-2H3;2H,1H3. The predicted octanol–water partition coefficient (Wildman–Crippen LogP) is 2.25. The molecule has 1 N–H and O–H groups in total. The number of aliphatic hydroxyl groups excluding tert-OH is 1. The zero-order valence-corrected chi connectivity index (χ0v) is 11.6. The third kappa shape index (κ3) is 3.22. The van der Waals surface area contributed by atoms with E-state index in [4.69, 9.17) is 21.5 Å². The average Bonchev–Trinajstić information content (AvgIpc) is 2.62. The van der Waals surface area contributed by atoms with Crippen LogP contribution in [-0.4, -0.2) is 29.8 Å². The maximum absolute atomic E-state index is 11.9. The lowest BCUT2D eigenvalue weighted by atomic mass is 9.95. The summed E-state index contributed by atoms with van der Waals surface area (Å²) >= 11 is 6.03. The molecule has 0 atom stereocenters. The second-order valence-corrected chi connectivity index (χ2v) is 5.00. The fourth-order valence-electron chi connectivity index (χ4n) is 1.60. The second-order valence-electron chi connectivity index (χ2n) is 4.59. The normalized spacial score (nSPS) is 17.4. The summed E-state index contributed by atoms with van der Waals surface area (Å²) in [4.78, 5) is 17.3. The van der Waals surface area contributed by atoms with Crippen LogP contribution < -0.4 is 0 Å². The smallest absolute Gasteiger partial charge is 0.254 e. The Morgan fingerprint density at radius 2 is 2.00 bits per heavy atom. The summed E-state index contributed by atoms with van der Waals surface area (Å²) in [5.74, 6) is 0.00687. The van der Waals surface area contributed by atoms with Crippen molar-refractivity contribution in [3.8, 4) is 0 Å². The number of hydrogen-bond donors (Lipinski definition) is 1. The van der Waals surface area contributed by atoms with Gasteiger partial charge in [0.25, 0.3) is 5.91 Å². The van der Waals surface area contributed by atoms with Gasteiger partial charge in [-0.2, -0.15) is 0 Å². The maximum Gasteiger partial charge on any atom is 0.254 e. The molecule has 1 heterocycles. The van der Waals surface area contributed by atoms with E-state index in [-0.39, 0.29) is 5.91 Å². The van der Waals surface area contributed by atoms with Crippen LogP contribution in [0, 0.1) is 5.41 Å². The summed E-state index contributed by atoms with van der Waals surface area (Å²) in [7, 11) is 1.00. The highest BCUT2D eigenvalue weighted by Gasteiger charge is 2.40. The number of rotatable bonds is 2. The lowest BCUT2D eigenvalue weighted by molar-refractivity contribution is -0.165. The molecule has 1 aliphatic heterocycles. The van der Waals surface area contributed by atoms with Gasteiger partial charge in [-0.25, -0.2) is 5.06 Å². The van der Waals surface area contributed by atoms with E-state index in [9.17, 15) is 4.79 Å². The van der Waals surface area contributed by atoms with Crippen LogP contribution >= 0.6 is 11.6 Å². The van der Waals surface area contributed by atoms with Gasteiger partial charge in [0.2, 0.25) is 0 Å². The van der Waals surface area contributed by atoms with Crippen LogP contribution in [0.1, 0.15) is 19.4 Å². The van der Waals surface area contributed by atoms with Gasteiger partial charge in [-0.3, -0.25) is 9.63 Å². The van der Waals surface area contributed by atoms with Crippen molar-refractivity contribution in [2.24, 2.45) is 5.41 Å². The van der Waals surface area contributed by atoms with Gasteiger partial charge in [-0.05, 0) is 25.5 Å². The van der Waals surface area contributed by atoms with Crippen LogP contribution in [0.3, 0.4) is 0 Å². The predicted molar refractivity (Wildman–Crippen MR) is 69.9 cm³/mol. The number of aliphatic hydroxyl groups is 1. The van der Waals surface area contributed by atoms with Gasteiger partial charge in [0.1, 0.15) is 0 Å². The number of halogens is 1. The van der Waals surface area contributed by atoms with E-state index in [1.807, 2.05) is 38.1 Å². The Hall–Kier alpha value is -1.10. The zero-order valence-electron chi connectivity index (χ0n) is 10.8. The van der Waals surface area contributed by atoms with Gasteiger partial charge in [0.05, 0.1) is 18.6 Å². The van der Waals surface area contributed by atoms with Crippen LogP contribution in [-0.2, 0) is 16.2 Å². The Bertz CT molecular complexity index is 420. The van der Waals surface area contributed by atoms with Gasteiger partial charge in [0.15, 0.2) is 0 Å². The molecule has 0 aliphatic carbocycles. The minimum absolute atomic E-state index is 0.00687. The molecule has 1 aliphatic rings. The van der Waals surface area contributed by atoms with Gasteiger partial charge in [-0.1, -0.05) is 29.8 Å². The molecule has 2 rings (SSSR count). The molecule has 100 valence electrons. The van der Waals surface area contributed by atoms with E-state index in [1.165, 1.54) is 5.06 Å². The van der Waals surface area contributed by atoms with Crippen molar-refractivity contribution in [3.63, 3.8) is 0 Å². The maximum atomic E-state index is 11.9. The highest BCUT2D eigenvalue weighted by atomic mass is 35.5. The molecule has 4 nitrogen and oxygen atoms in total. The average molecular weight is 272 g/mol. The van der Waals surface area contributed by atoms with E-state index in [0.29, 0.717) is 18.2 Å². The van der Waals surface area contributed by atoms with Gasteiger partial charge in [-0.15, -0.1) is 0 Å². The van der Waals surface area contributed by atoms with Crippen molar-refractivity contribution in [2.75, 3.05) is 13.7 Å². The largest absolute Gasteiger partial charge is 0.400 e. The van der Waals surface area contributed by atoms with Crippen molar-refractivity contribution in [2.45, 2.75) is 20.4 Å². The number of benzene rings is 1.